The molecular formula is C10H14N4O. The van der Waals surface area contributed by atoms with Crippen molar-refractivity contribution >= 4 is 5.91 Å². The highest BCUT2D eigenvalue weighted by molar-refractivity contribution is 5.76. The summed E-state index contributed by atoms with van der Waals surface area (Å²) in [4.78, 5) is 11.4. The topological polar surface area (TPSA) is 59.8 Å². The van der Waals surface area contributed by atoms with E-state index in [4.69, 9.17) is 6.42 Å². The predicted octanol–water partition coefficient (Wildman–Crippen LogP) is 0.196. The first kappa shape index (κ1) is 11.2. The zero-order chi connectivity index (χ0) is 11.1. The summed E-state index contributed by atoms with van der Waals surface area (Å²) in [5.41, 5.74) is 0. The van der Waals surface area contributed by atoms with Crippen molar-refractivity contribution in [2.24, 2.45) is 0 Å². The number of terminal acetylenes is 1. The molecule has 1 atom stereocenters. The lowest BCUT2D eigenvalue weighted by molar-refractivity contribution is -0.121. The Balaban J connectivity index is 2.22. The fourth-order valence-corrected chi connectivity index (χ4v) is 1.14. The Hall–Kier alpha value is -1.83. The first-order valence-electron chi connectivity index (χ1n) is 4.79. The molecule has 1 rings (SSSR count). The summed E-state index contributed by atoms with van der Waals surface area (Å²) < 4.78 is 1.62. The zero-order valence-electron chi connectivity index (χ0n) is 8.68. The molecule has 80 valence electrons. The van der Waals surface area contributed by atoms with Crippen molar-refractivity contribution in [2.45, 2.75) is 32.4 Å². The van der Waals surface area contributed by atoms with Crippen LogP contribution in [0.4, 0.5) is 0 Å². The summed E-state index contributed by atoms with van der Waals surface area (Å²) >= 11 is 0. The molecule has 0 radical (unpaired) electrons. The maximum Gasteiger partial charge on any atom is 0.222 e. The lowest BCUT2D eigenvalue weighted by Crippen LogP contribution is -2.32. The maximum absolute atomic E-state index is 11.4. The molecule has 5 nitrogen and oxygen atoms in total. The van der Waals surface area contributed by atoms with Crippen molar-refractivity contribution in [3.63, 3.8) is 0 Å². The molecule has 0 aliphatic heterocycles. The molecule has 1 N–H and O–H groups in total. The van der Waals surface area contributed by atoms with Crippen LogP contribution in [0.2, 0.25) is 0 Å². The molecule has 1 aromatic heterocycles. The molecule has 1 unspecified atom stereocenters. The second-order valence-electron chi connectivity index (χ2n) is 3.29. The number of nitrogens with one attached hydrogen (secondary N) is 1. The number of hydrogen-bond donors (Lipinski definition) is 1. The monoisotopic (exact) mass is 206 g/mol. The van der Waals surface area contributed by atoms with Crippen molar-refractivity contribution < 1.29 is 4.79 Å². The zero-order valence-corrected chi connectivity index (χ0v) is 8.68. The molecule has 0 aliphatic carbocycles. The number of aromatic nitrogens is 3. The van der Waals surface area contributed by atoms with E-state index in [0.29, 0.717) is 19.4 Å². The minimum absolute atomic E-state index is 0.0201. The van der Waals surface area contributed by atoms with Gasteiger partial charge in [0.25, 0.3) is 0 Å². The molecule has 0 bridgehead atoms. The molecule has 0 aromatic carbocycles. The third-order valence-electron chi connectivity index (χ3n) is 1.87. The van der Waals surface area contributed by atoms with E-state index in [9.17, 15) is 4.79 Å². The number of amides is 1. The van der Waals surface area contributed by atoms with Crippen molar-refractivity contribution in [1.29, 1.82) is 0 Å². The Kier molecular flexibility index (Phi) is 4.35. The average Bonchev–Trinajstić information content (AvgIpc) is 2.67. The van der Waals surface area contributed by atoms with Gasteiger partial charge in [-0.2, -0.15) is 0 Å². The Morgan fingerprint density at radius 2 is 2.53 bits per heavy atom. The highest BCUT2D eigenvalue weighted by Gasteiger charge is 2.06. The molecule has 1 aromatic rings. The quantitative estimate of drug-likeness (QED) is 0.700. The molecule has 0 saturated carbocycles. The second-order valence-corrected chi connectivity index (χ2v) is 3.29. The average molecular weight is 206 g/mol. The van der Waals surface area contributed by atoms with Crippen LogP contribution in [0.25, 0.3) is 0 Å². The lowest BCUT2D eigenvalue weighted by Gasteiger charge is -2.10. The smallest absolute Gasteiger partial charge is 0.222 e. The molecule has 5 heteroatoms. The molecule has 15 heavy (non-hydrogen) atoms. The summed E-state index contributed by atoms with van der Waals surface area (Å²) in [6, 6.07) is 0.0262. The largest absolute Gasteiger partial charge is 0.353 e. The van der Waals surface area contributed by atoms with Crippen LogP contribution in [-0.2, 0) is 11.3 Å². The van der Waals surface area contributed by atoms with Crippen molar-refractivity contribution in [3.8, 4) is 12.3 Å². The number of carbonyl (C=O) groups is 1. The van der Waals surface area contributed by atoms with Crippen molar-refractivity contribution in [1.82, 2.24) is 20.3 Å². The van der Waals surface area contributed by atoms with E-state index >= 15 is 0 Å². The van der Waals surface area contributed by atoms with Gasteiger partial charge in [-0.05, 0) is 6.92 Å². The summed E-state index contributed by atoms with van der Waals surface area (Å²) in [6.07, 6.45) is 9.37. The number of carbonyl (C=O) groups excluding carboxylic acids is 1. The van der Waals surface area contributed by atoms with E-state index in [0.717, 1.165) is 0 Å². The molecular weight excluding hydrogens is 192 g/mol. The lowest BCUT2D eigenvalue weighted by atomic mass is 10.2. The van der Waals surface area contributed by atoms with Gasteiger partial charge >= 0.3 is 0 Å². The first-order chi connectivity index (χ1) is 7.22. The Morgan fingerprint density at radius 3 is 3.13 bits per heavy atom. The van der Waals surface area contributed by atoms with Crippen molar-refractivity contribution in [2.75, 3.05) is 0 Å². The molecule has 0 fully saturated rings. The normalized spacial score (nSPS) is 11.7. The minimum atomic E-state index is -0.0201. The third-order valence-corrected chi connectivity index (χ3v) is 1.87. The van der Waals surface area contributed by atoms with E-state index in [-0.39, 0.29) is 11.9 Å². The molecule has 1 heterocycles. The summed E-state index contributed by atoms with van der Waals surface area (Å²) in [5, 5.41) is 10.2. The van der Waals surface area contributed by atoms with Gasteiger partial charge in [-0.15, -0.1) is 17.4 Å². The fourth-order valence-electron chi connectivity index (χ4n) is 1.14. The van der Waals surface area contributed by atoms with Crippen LogP contribution in [0, 0.1) is 12.3 Å². The predicted molar refractivity (Wildman–Crippen MR) is 55.7 cm³/mol. The highest BCUT2D eigenvalue weighted by Crippen LogP contribution is 1.92. The van der Waals surface area contributed by atoms with Crippen molar-refractivity contribution in [3.05, 3.63) is 12.4 Å². The first-order valence-corrected chi connectivity index (χ1v) is 4.79. The van der Waals surface area contributed by atoms with Gasteiger partial charge < -0.3 is 5.32 Å². The van der Waals surface area contributed by atoms with Gasteiger partial charge in [-0.3, -0.25) is 9.48 Å². The number of rotatable bonds is 5. The minimum Gasteiger partial charge on any atom is -0.353 e. The third kappa shape index (κ3) is 4.27. The molecule has 0 aliphatic rings. The molecule has 0 spiro atoms. The van der Waals surface area contributed by atoms with E-state index in [1.165, 1.54) is 0 Å². The van der Waals surface area contributed by atoms with Gasteiger partial charge in [0.15, 0.2) is 0 Å². The van der Waals surface area contributed by atoms with Crippen LogP contribution in [0.5, 0.6) is 0 Å². The Labute approximate surface area is 88.9 Å². The Morgan fingerprint density at radius 1 is 1.73 bits per heavy atom. The van der Waals surface area contributed by atoms with E-state index in [2.05, 4.69) is 21.5 Å². The van der Waals surface area contributed by atoms with Crippen LogP contribution in [0.3, 0.4) is 0 Å². The van der Waals surface area contributed by atoms with Crippen LogP contribution in [0.1, 0.15) is 19.8 Å². The number of aryl methyl sites for hydroxylation is 1. The van der Waals surface area contributed by atoms with Gasteiger partial charge in [0.05, 0.1) is 12.7 Å². The summed E-state index contributed by atoms with van der Waals surface area (Å²) in [7, 11) is 0. The van der Waals surface area contributed by atoms with Gasteiger partial charge in [0.2, 0.25) is 5.91 Å². The van der Waals surface area contributed by atoms with Crippen LogP contribution < -0.4 is 5.32 Å². The standard InChI is InChI=1S/C10H14N4O/c1-3-4-9(2)12-10(15)5-7-14-8-6-11-13-14/h1,6,8-9H,4-5,7H2,2H3,(H,12,15). The summed E-state index contributed by atoms with van der Waals surface area (Å²) in [5.74, 6) is 2.48. The summed E-state index contributed by atoms with van der Waals surface area (Å²) in [6.45, 7) is 2.42. The van der Waals surface area contributed by atoms with Crippen LogP contribution in [-0.4, -0.2) is 26.9 Å². The number of nitrogens with zero attached hydrogens (tertiary/aromatic N) is 3. The second kappa shape index (κ2) is 5.81. The van der Waals surface area contributed by atoms with Gasteiger partial charge in [-0.25, -0.2) is 0 Å². The van der Waals surface area contributed by atoms with E-state index in [1.54, 1.807) is 17.1 Å². The molecule has 1 amide bonds. The van der Waals surface area contributed by atoms with Crippen LogP contribution >= 0.6 is 0 Å². The fraction of sp³-hybridized carbons (Fsp3) is 0.500. The van der Waals surface area contributed by atoms with Gasteiger partial charge in [-0.1, -0.05) is 5.21 Å². The van der Waals surface area contributed by atoms with E-state index < -0.39 is 0 Å². The molecule has 0 saturated heterocycles. The van der Waals surface area contributed by atoms with Crippen LogP contribution in [0.15, 0.2) is 12.4 Å². The SMILES string of the molecule is C#CCC(C)NC(=O)CCn1ccnn1. The maximum atomic E-state index is 11.4. The van der Waals surface area contributed by atoms with Gasteiger partial charge in [0, 0.05) is 25.1 Å². The Bertz CT molecular complexity index is 339. The van der Waals surface area contributed by atoms with Gasteiger partial charge in [0.1, 0.15) is 0 Å². The van der Waals surface area contributed by atoms with E-state index in [1.807, 2.05) is 6.92 Å². The highest BCUT2D eigenvalue weighted by atomic mass is 16.1. The number of hydrogen-bond acceptors (Lipinski definition) is 3.